The lowest BCUT2D eigenvalue weighted by atomic mass is 9.94. The quantitative estimate of drug-likeness (QED) is 0.106. The van der Waals surface area contributed by atoms with Crippen molar-refractivity contribution >= 4 is 44.5 Å². The lowest BCUT2D eigenvalue weighted by Gasteiger charge is -2.19. The zero-order valence-corrected chi connectivity index (χ0v) is 28.7. The molecule has 0 unspecified atom stereocenters. The van der Waals surface area contributed by atoms with Gasteiger partial charge < -0.3 is 30.4 Å². The molecule has 3 aromatic carbocycles. The third kappa shape index (κ3) is 8.39. The molecular weight excluding hydrogens is 662 g/mol. The van der Waals surface area contributed by atoms with E-state index in [1.54, 1.807) is 81.4 Å². The number of pyridine rings is 2. The topological polar surface area (TPSA) is 192 Å². The average molecular weight is 700 g/mol. The number of hydrogen-bond acceptors (Lipinski definition) is 10. The fraction of sp³-hybridized carbons (Fsp3) is 0.222. The number of carbonyl (C=O) groups is 2. The Balaban J connectivity index is 1.39. The summed E-state index contributed by atoms with van der Waals surface area (Å²) in [6.07, 6.45) is 1.41. The number of hydrogen-bond donors (Lipinski definition) is 4. The molecule has 1 amide bonds. The predicted molar refractivity (Wildman–Crippen MR) is 190 cm³/mol. The second-order valence-electron chi connectivity index (χ2n) is 12.1. The number of fused-ring (bicyclic) bond motifs is 1. The summed E-state index contributed by atoms with van der Waals surface area (Å²) in [6.45, 7) is 5.92. The van der Waals surface area contributed by atoms with E-state index < -0.39 is 27.7 Å². The molecule has 0 bridgehead atoms. The minimum absolute atomic E-state index is 0.0297. The summed E-state index contributed by atoms with van der Waals surface area (Å²) in [7, 11) is -2.94. The molecule has 0 radical (unpaired) electrons. The Morgan fingerprint density at radius 3 is 2.40 bits per heavy atom. The second-order valence-corrected chi connectivity index (χ2v) is 13.8. The van der Waals surface area contributed by atoms with E-state index in [9.17, 15) is 23.1 Å². The zero-order chi connectivity index (χ0) is 36.1. The lowest BCUT2D eigenvalue weighted by Crippen LogP contribution is -2.33. The van der Waals surface area contributed by atoms with Crippen molar-refractivity contribution in [2.45, 2.75) is 37.7 Å². The van der Waals surface area contributed by atoms with Crippen molar-refractivity contribution in [3.05, 3.63) is 90.6 Å². The molecule has 0 fully saturated rings. The van der Waals surface area contributed by atoms with Crippen molar-refractivity contribution < 1.29 is 37.3 Å². The molecule has 5 rings (SSSR count). The molecule has 0 aliphatic heterocycles. The van der Waals surface area contributed by atoms with E-state index in [2.05, 4.69) is 20.0 Å². The molecule has 2 aromatic heterocycles. The first-order valence-electron chi connectivity index (χ1n) is 15.5. The molecule has 50 heavy (non-hydrogen) atoms. The van der Waals surface area contributed by atoms with Crippen molar-refractivity contribution in [2.75, 3.05) is 30.7 Å². The number of methoxy groups -OCH3 is 1. The van der Waals surface area contributed by atoms with Crippen LogP contribution in [0.4, 0.5) is 16.3 Å². The molecule has 0 aliphatic rings. The lowest BCUT2D eigenvalue weighted by molar-refractivity contribution is 0.0524. The van der Waals surface area contributed by atoms with Crippen LogP contribution in [0.25, 0.3) is 33.2 Å². The van der Waals surface area contributed by atoms with Crippen LogP contribution in [0, 0.1) is 0 Å². The number of nitrogens with two attached hydrogens (primary N) is 1. The molecule has 260 valence electrons. The first-order valence-corrected chi connectivity index (χ1v) is 17.0. The summed E-state index contributed by atoms with van der Waals surface area (Å²) < 4.78 is 46.2. The van der Waals surface area contributed by atoms with Crippen LogP contribution < -0.4 is 25.2 Å². The Morgan fingerprint density at radius 1 is 0.940 bits per heavy atom. The monoisotopic (exact) mass is 699 g/mol. The number of nitrogens with one attached hydrogen (secondary N) is 2. The molecule has 13 nitrogen and oxygen atoms in total. The van der Waals surface area contributed by atoms with Gasteiger partial charge in [-0.2, -0.15) is 0 Å². The smallest absolute Gasteiger partial charge is 0.407 e. The average Bonchev–Trinajstić information content (AvgIpc) is 3.06. The maximum atomic E-state index is 13.7. The molecule has 0 spiro atoms. The molecule has 0 saturated heterocycles. The van der Waals surface area contributed by atoms with Gasteiger partial charge in [0.2, 0.25) is 5.88 Å². The Bertz CT molecular complexity index is 2150. The number of carbonyl (C=O) groups excluding carboxylic acids is 1. The van der Waals surface area contributed by atoms with Gasteiger partial charge in [0.25, 0.3) is 10.0 Å². The standard InChI is InChI=1S/C36H37N5O8S/c1-36(2,3)49-35(44)38-16-9-17-48-26-13-8-12-25(20-26)41-50(45,46)29-19-24(21-39-33(29)47-4)23-14-15-28-27(18-23)31(34(42)43)30(32(37)40-28)22-10-6-5-7-11-22/h5-8,10-15,18-21,41H,9,16-17H2,1-4H3,(H2,37,40)(H,38,44)(H,42,43). The van der Waals surface area contributed by atoms with Gasteiger partial charge in [-0.1, -0.05) is 42.5 Å². The number of aromatic nitrogens is 2. The predicted octanol–water partition coefficient (Wildman–Crippen LogP) is 6.35. The van der Waals surface area contributed by atoms with Crippen LogP contribution in [0.3, 0.4) is 0 Å². The van der Waals surface area contributed by atoms with E-state index in [1.807, 2.05) is 6.07 Å². The summed E-state index contributed by atoms with van der Waals surface area (Å²) in [4.78, 5) is 32.9. The van der Waals surface area contributed by atoms with Crippen molar-refractivity contribution in [1.82, 2.24) is 15.3 Å². The number of ether oxygens (including phenoxy) is 3. The van der Waals surface area contributed by atoms with Crippen LogP contribution in [0.5, 0.6) is 11.6 Å². The van der Waals surface area contributed by atoms with Gasteiger partial charge in [0.15, 0.2) is 0 Å². The number of sulfonamides is 1. The summed E-state index contributed by atoms with van der Waals surface area (Å²) in [5.41, 5.74) is 7.97. The number of nitrogen functional groups attached to an aromatic ring is 1. The van der Waals surface area contributed by atoms with Crippen LogP contribution in [0.15, 0.2) is 90.0 Å². The first kappa shape index (κ1) is 35.4. The van der Waals surface area contributed by atoms with Gasteiger partial charge in [0, 0.05) is 35.3 Å². The van der Waals surface area contributed by atoms with E-state index >= 15 is 0 Å². The molecule has 5 aromatic rings. The Morgan fingerprint density at radius 2 is 1.70 bits per heavy atom. The van der Waals surface area contributed by atoms with Gasteiger partial charge in [0.05, 0.1) is 30.5 Å². The highest BCUT2D eigenvalue weighted by Crippen LogP contribution is 2.37. The number of carboxylic acids is 1. The van der Waals surface area contributed by atoms with E-state index in [-0.39, 0.29) is 40.0 Å². The summed E-state index contributed by atoms with van der Waals surface area (Å²) in [5.74, 6) is -0.844. The Kier molecular flexibility index (Phi) is 10.4. The first-order chi connectivity index (χ1) is 23.8. The number of amides is 1. The number of alkyl carbamates (subject to hydrolysis) is 1. The number of anilines is 2. The van der Waals surface area contributed by atoms with Crippen molar-refractivity contribution in [2.24, 2.45) is 0 Å². The van der Waals surface area contributed by atoms with Crippen LogP contribution in [0.2, 0.25) is 0 Å². The van der Waals surface area contributed by atoms with Crippen LogP contribution >= 0.6 is 0 Å². The van der Waals surface area contributed by atoms with Gasteiger partial charge in [0.1, 0.15) is 22.1 Å². The molecule has 0 aliphatic carbocycles. The van der Waals surface area contributed by atoms with Crippen molar-refractivity contribution in [1.29, 1.82) is 0 Å². The third-order valence-corrected chi connectivity index (χ3v) is 8.64. The largest absolute Gasteiger partial charge is 0.493 e. The van der Waals surface area contributed by atoms with Gasteiger partial charge in [-0.05, 0) is 68.7 Å². The number of aromatic carboxylic acids is 1. The fourth-order valence-corrected chi connectivity index (χ4v) is 6.34. The zero-order valence-electron chi connectivity index (χ0n) is 27.9. The van der Waals surface area contributed by atoms with E-state index in [0.29, 0.717) is 46.3 Å². The summed E-state index contributed by atoms with van der Waals surface area (Å²) >= 11 is 0. The summed E-state index contributed by atoms with van der Waals surface area (Å²) in [6, 6.07) is 21.6. The van der Waals surface area contributed by atoms with Crippen LogP contribution in [-0.2, 0) is 14.8 Å². The number of carboxylic acid groups (broad SMARTS) is 1. The van der Waals surface area contributed by atoms with Gasteiger partial charge in [-0.15, -0.1) is 0 Å². The SMILES string of the molecule is COc1ncc(-c2ccc3nc(N)c(-c4ccccc4)c(C(=O)O)c3c2)cc1S(=O)(=O)Nc1cccc(OCCCNC(=O)OC(C)(C)C)c1. The molecule has 0 saturated carbocycles. The fourth-order valence-electron chi connectivity index (χ4n) is 5.14. The highest BCUT2D eigenvalue weighted by atomic mass is 32.2. The van der Waals surface area contributed by atoms with E-state index in [4.69, 9.17) is 19.9 Å². The molecule has 0 atom stereocenters. The maximum absolute atomic E-state index is 13.7. The molecule has 2 heterocycles. The molecule has 5 N–H and O–H groups in total. The van der Waals surface area contributed by atoms with Crippen molar-refractivity contribution in [3.8, 4) is 33.9 Å². The maximum Gasteiger partial charge on any atom is 0.407 e. The van der Waals surface area contributed by atoms with E-state index in [1.165, 1.54) is 25.4 Å². The van der Waals surface area contributed by atoms with Gasteiger partial charge in [-0.3, -0.25) is 4.72 Å². The normalized spacial score (nSPS) is 11.5. The summed E-state index contributed by atoms with van der Waals surface area (Å²) in [5, 5.41) is 13.3. The minimum Gasteiger partial charge on any atom is -0.493 e. The van der Waals surface area contributed by atoms with Crippen molar-refractivity contribution in [3.63, 3.8) is 0 Å². The molecule has 14 heteroatoms. The highest BCUT2D eigenvalue weighted by molar-refractivity contribution is 7.92. The van der Waals surface area contributed by atoms with Gasteiger partial charge >= 0.3 is 12.1 Å². The minimum atomic E-state index is -4.25. The van der Waals surface area contributed by atoms with Crippen LogP contribution in [0.1, 0.15) is 37.6 Å². The van der Waals surface area contributed by atoms with Crippen LogP contribution in [-0.4, -0.2) is 61.4 Å². The number of rotatable bonds is 12. The molecular formula is C36H37N5O8S. The Labute approximate surface area is 289 Å². The number of nitrogens with zero attached hydrogens (tertiary/aromatic N) is 2. The number of benzene rings is 3. The second kappa shape index (κ2) is 14.7. The third-order valence-electron chi connectivity index (χ3n) is 7.27. The highest BCUT2D eigenvalue weighted by Gasteiger charge is 2.24. The van der Waals surface area contributed by atoms with E-state index in [0.717, 1.165) is 0 Å². The Hall–Kier alpha value is -5.89. The van der Waals surface area contributed by atoms with Gasteiger partial charge in [-0.25, -0.2) is 28.0 Å².